The fourth-order valence-electron chi connectivity index (χ4n) is 5.22. The van der Waals surface area contributed by atoms with E-state index in [1.165, 1.54) is 23.1 Å². The van der Waals surface area contributed by atoms with Crippen molar-refractivity contribution in [3.05, 3.63) is 71.5 Å². The third-order valence-corrected chi connectivity index (χ3v) is 7.12. The van der Waals surface area contributed by atoms with Gasteiger partial charge in [-0.25, -0.2) is 9.18 Å². The third kappa shape index (κ3) is 6.67. The van der Waals surface area contributed by atoms with E-state index in [1.807, 2.05) is 18.2 Å². The molecule has 202 valence electrons. The number of nitrogens with one attached hydrogen (secondary N) is 1. The number of carbonyl (C=O) groups is 4. The average molecular weight is 526 g/mol. The first kappa shape index (κ1) is 27.1. The van der Waals surface area contributed by atoms with Gasteiger partial charge < -0.3 is 20.1 Å². The topological polar surface area (TPSA) is 116 Å². The summed E-state index contributed by atoms with van der Waals surface area (Å²) < 4.78 is 19.3. The minimum atomic E-state index is -1.37. The van der Waals surface area contributed by atoms with Gasteiger partial charge in [-0.2, -0.15) is 0 Å². The fraction of sp³-hybridized carbons (Fsp3) is 0.429. The Morgan fingerprint density at radius 3 is 2.37 bits per heavy atom. The van der Waals surface area contributed by atoms with Gasteiger partial charge in [0.15, 0.2) is 6.17 Å². The van der Waals surface area contributed by atoms with Crippen LogP contribution in [0.1, 0.15) is 54.4 Å². The van der Waals surface area contributed by atoms with Crippen LogP contribution in [0.5, 0.6) is 0 Å². The molecular weight excluding hydrogens is 493 g/mol. The monoisotopic (exact) mass is 525 g/mol. The molecule has 1 saturated carbocycles. The van der Waals surface area contributed by atoms with Crippen LogP contribution in [0.25, 0.3) is 0 Å². The summed E-state index contributed by atoms with van der Waals surface area (Å²) in [6.45, 7) is 0.0345. The first-order valence-electron chi connectivity index (χ1n) is 12.9. The number of ether oxygens (including phenoxy) is 1. The predicted octanol–water partition coefficient (Wildman–Crippen LogP) is 3.79. The van der Waals surface area contributed by atoms with Crippen molar-refractivity contribution >= 4 is 23.9 Å². The molecule has 2 aromatic carbocycles. The molecular formula is C28H32FN3O6. The Balaban J connectivity index is 1.56. The first-order chi connectivity index (χ1) is 18.3. The molecule has 4 rings (SSSR count). The van der Waals surface area contributed by atoms with Crippen LogP contribution < -0.4 is 5.32 Å². The number of aliphatic carboxylic acids is 1. The highest BCUT2D eigenvalue weighted by molar-refractivity contribution is 5.99. The molecule has 2 aliphatic rings. The van der Waals surface area contributed by atoms with Crippen molar-refractivity contribution in [1.29, 1.82) is 0 Å². The van der Waals surface area contributed by atoms with Crippen LogP contribution in [-0.2, 0) is 20.9 Å². The molecule has 2 unspecified atom stereocenters. The molecule has 9 nitrogen and oxygen atoms in total. The van der Waals surface area contributed by atoms with E-state index in [1.54, 1.807) is 12.1 Å². The van der Waals surface area contributed by atoms with E-state index in [-0.39, 0.29) is 37.6 Å². The molecule has 1 aliphatic heterocycles. The molecule has 10 heteroatoms. The second kappa shape index (κ2) is 12.5. The van der Waals surface area contributed by atoms with Gasteiger partial charge in [0.25, 0.3) is 11.8 Å². The normalized spacial score (nSPS) is 18.6. The highest BCUT2D eigenvalue weighted by atomic mass is 19.1. The fourth-order valence-corrected chi connectivity index (χ4v) is 5.22. The van der Waals surface area contributed by atoms with Gasteiger partial charge in [0, 0.05) is 24.7 Å². The van der Waals surface area contributed by atoms with E-state index in [2.05, 4.69) is 5.32 Å². The summed E-state index contributed by atoms with van der Waals surface area (Å²) in [5.41, 5.74) is 0.796. The number of hydrogen-bond acceptors (Lipinski definition) is 5. The summed E-state index contributed by atoms with van der Waals surface area (Å²) in [7, 11) is 0. The Labute approximate surface area is 220 Å². The second-order valence-electron chi connectivity index (χ2n) is 9.73. The van der Waals surface area contributed by atoms with Crippen molar-refractivity contribution in [2.24, 2.45) is 5.92 Å². The van der Waals surface area contributed by atoms with Crippen LogP contribution in [0.3, 0.4) is 0 Å². The third-order valence-electron chi connectivity index (χ3n) is 7.12. The molecule has 3 amide bonds. The van der Waals surface area contributed by atoms with Gasteiger partial charge in [0.1, 0.15) is 12.4 Å². The lowest BCUT2D eigenvalue weighted by Crippen LogP contribution is -2.57. The molecule has 0 bridgehead atoms. The Morgan fingerprint density at radius 2 is 1.68 bits per heavy atom. The maximum atomic E-state index is 13.8. The van der Waals surface area contributed by atoms with Crippen molar-refractivity contribution in [3.8, 4) is 0 Å². The average Bonchev–Trinajstić information content (AvgIpc) is 3.37. The smallest absolute Gasteiger partial charge is 0.412 e. The number of benzene rings is 2. The van der Waals surface area contributed by atoms with Crippen LogP contribution in [0.15, 0.2) is 54.6 Å². The summed E-state index contributed by atoms with van der Waals surface area (Å²) in [5.74, 6) is -2.94. The van der Waals surface area contributed by atoms with Crippen molar-refractivity contribution in [3.63, 3.8) is 0 Å². The number of carboxylic acids is 1. The number of halogens is 1. The standard InChI is InChI=1S/C28H32FN3O6/c29-22-13-7-12-21(16-22)27(36)31-14-15-32(28(37)38-18-19-8-3-1-4-9-19)26(31)25(35)30-23(17-24(33)34)20-10-5-2-6-11-20/h1,3-4,7-9,12-13,16,20,23,26H,2,5-6,10-11,14-15,17-18H2,(H,30,35)(H,33,34). The highest BCUT2D eigenvalue weighted by Crippen LogP contribution is 2.29. The lowest BCUT2D eigenvalue weighted by Gasteiger charge is -2.34. The molecule has 0 aromatic heterocycles. The van der Waals surface area contributed by atoms with E-state index in [9.17, 15) is 28.7 Å². The van der Waals surface area contributed by atoms with Gasteiger partial charge in [-0.05, 0) is 42.5 Å². The Bertz CT molecular complexity index is 1150. The van der Waals surface area contributed by atoms with Crippen molar-refractivity contribution < 1.29 is 33.4 Å². The van der Waals surface area contributed by atoms with Crippen molar-refractivity contribution in [2.75, 3.05) is 13.1 Å². The molecule has 2 atom stereocenters. The van der Waals surface area contributed by atoms with E-state index in [0.717, 1.165) is 48.6 Å². The van der Waals surface area contributed by atoms with Crippen molar-refractivity contribution in [2.45, 2.75) is 57.3 Å². The summed E-state index contributed by atoms with van der Waals surface area (Å²) in [4.78, 5) is 54.0. The summed E-state index contributed by atoms with van der Waals surface area (Å²) in [6.07, 6.45) is 2.12. The molecule has 0 spiro atoms. The minimum Gasteiger partial charge on any atom is -0.481 e. The number of carbonyl (C=O) groups excluding carboxylic acids is 3. The summed E-state index contributed by atoms with van der Waals surface area (Å²) in [5, 5.41) is 12.3. The number of rotatable bonds is 8. The lowest BCUT2D eigenvalue weighted by molar-refractivity contribution is -0.138. The molecule has 38 heavy (non-hydrogen) atoms. The molecule has 1 aliphatic carbocycles. The Kier molecular flexibility index (Phi) is 8.93. The van der Waals surface area contributed by atoms with Gasteiger partial charge in [0.2, 0.25) is 0 Å². The zero-order valence-corrected chi connectivity index (χ0v) is 21.1. The van der Waals surface area contributed by atoms with Gasteiger partial charge in [-0.15, -0.1) is 0 Å². The van der Waals surface area contributed by atoms with E-state index in [0.29, 0.717) is 0 Å². The van der Waals surface area contributed by atoms with Crippen LogP contribution in [0, 0.1) is 11.7 Å². The zero-order chi connectivity index (χ0) is 27.1. The van der Waals surface area contributed by atoms with Gasteiger partial charge >= 0.3 is 12.1 Å². The van der Waals surface area contributed by atoms with Crippen LogP contribution in [0.2, 0.25) is 0 Å². The van der Waals surface area contributed by atoms with Crippen LogP contribution >= 0.6 is 0 Å². The Hall–Kier alpha value is -3.95. The lowest BCUT2D eigenvalue weighted by atomic mass is 9.82. The summed E-state index contributed by atoms with van der Waals surface area (Å²) >= 11 is 0. The first-order valence-corrected chi connectivity index (χ1v) is 12.9. The van der Waals surface area contributed by atoms with Gasteiger partial charge in [-0.1, -0.05) is 55.7 Å². The molecule has 1 saturated heterocycles. The largest absolute Gasteiger partial charge is 0.481 e. The van der Waals surface area contributed by atoms with E-state index in [4.69, 9.17) is 4.74 Å². The Morgan fingerprint density at radius 1 is 0.974 bits per heavy atom. The molecule has 2 N–H and O–H groups in total. The molecule has 2 aromatic rings. The predicted molar refractivity (Wildman–Crippen MR) is 135 cm³/mol. The molecule has 0 radical (unpaired) electrons. The molecule has 2 fully saturated rings. The zero-order valence-electron chi connectivity index (χ0n) is 21.1. The maximum absolute atomic E-state index is 13.8. The molecule has 1 heterocycles. The van der Waals surface area contributed by atoms with Gasteiger partial charge in [-0.3, -0.25) is 19.3 Å². The number of carboxylic acid groups (broad SMARTS) is 1. The van der Waals surface area contributed by atoms with Crippen LogP contribution in [-0.4, -0.2) is 64.1 Å². The highest BCUT2D eigenvalue weighted by Gasteiger charge is 2.45. The number of amides is 3. The van der Waals surface area contributed by atoms with E-state index >= 15 is 0 Å². The van der Waals surface area contributed by atoms with Crippen molar-refractivity contribution in [1.82, 2.24) is 15.1 Å². The quantitative estimate of drug-likeness (QED) is 0.542. The SMILES string of the molecule is O=C(O)CC(NC(=O)C1N(C(=O)OCc2ccccc2)CCN1C(=O)c1cccc(F)c1)C1CCCCC1. The maximum Gasteiger partial charge on any atom is 0.412 e. The van der Waals surface area contributed by atoms with Crippen LogP contribution in [0.4, 0.5) is 9.18 Å². The second-order valence-corrected chi connectivity index (χ2v) is 9.73. The number of nitrogens with zero attached hydrogens (tertiary/aromatic N) is 2. The minimum absolute atomic E-state index is 0.0175. The number of hydrogen-bond donors (Lipinski definition) is 2. The van der Waals surface area contributed by atoms with E-state index < -0.39 is 41.9 Å². The summed E-state index contributed by atoms with van der Waals surface area (Å²) in [6, 6.07) is 13.5. The van der Waals surface area contributed by atoms with Gasteiger partial charge in [0.05, 0.1) is 6.42 Å².